The Balaban J connectivity index is 2.44. The van der Waals surface area contributed by atoms with Crippen LogP contribution in [0.3, 0.4) is 0 Å². The third kappa shape index (κ3) is 3.46. The van der Waals surface area contributed by atoms with Crippen molar-refractivity contribution in [2.24, 2.45) is 5.73 Å². The van der Waals surface area contributed by atoms with E-state index in [1.54, 1.807) is 0 Å². The van der Waals surface area contributed by atoms with Crippen molar-refractivity contribution in [3.63, 3.8) is 0 Å². The van der Waals surface area contributed by atoms with Crippen LogP contribution in [0.1, 0.15) is 12.0 Å². The van der Waals surface area contributed by atoms with E-state index < -0.39 is 6.10 Å². The van der Waals surface area contributed by atoms with Crippen LogP contribution in [0.2, 0.25) is 0 Å². The van der Waals surface area contributed by atoms with Crippen LogP contribution in [-0.2, 0) is 6.42 Å². The minimum atomic E-state index is -0.625. The van der Waals surface area contributed by atoms with Gasteiger partial charge in [-0.05, 0) is 18.4 Å². The monoisotopic (exact) mass is 195 g/mol. The van der Waals surface area contributed by atoms with Crippen molar-refractivity contribution in [1.82, 2.24) is 0 Å². The van der Waals surface area contributed by atoms with E-state index in [1.165, 1.54) is 0 Å². The summed E-state index contributed by atoms with van der Waals surface area (Å²) in [7, 11) is 0. The van der Waals surface area contributed by atoms with Crippen LogP contribution in [0.4, 0.5) is 0 Å². The molecule has 0 aliphatic rings. The summed E-state index contributed by atoms with van der Waals surface area (Å²) in [5.74, 6) is 0. The van der Waals surface area contributed by atoms with Crippen LogP contribution in [0.15, 0.2) is 30.3 Å². The molecule has 0 saturated carbocycles. The summed E-state index contributed by atoms with van der Waals surface area (Å²) in [4.78, 5) is 0. The van der Waals surface area contributed by atoms with Gasteiger partial charge in [0.05, 0.1) is 6.10 Å². The maximum absolute atomic E-state index is 9.49. The fraction of sp³-hybridized carbons (Fsp3) is 0.455. The lowest BCUT2D eigenvalue weighted by molar-refractivity contribution is 0.109. The quantitative estimate of drug-likeness (QED) is 0.633. The minimum absolute atomic E-state index is 0.0242. The molecule has 14 heavy (non-hydrogen) atoms. The Hall–Kier alpha value is -0.900. The molecule has 3 heteroatoms. The summed E-state index contributed by atoms with van der Waals surface area (Å²) in [6.45, 7) is -0.0242. The van der Waals surface area contributed by atoms with Gasteiger partial charge in [0.15, 0.2) is 0 Å². The van der Waals surface area contributed by atoms with Crippen molar-refractivity contribution in [2.75, 3.05) is 6.61 Å². The molecule has 2 atom stereocenters. The Morgan fingerprint density at radius 3 is 2.43 bits per heavy atom. The smallest absolute Gasteiger partial charge is 0.0716 e. The predicted molar refractivity (Wildman–Crippen MR) is 55.8 cm³/mol. The number of rotatable bonds is 5. The van der Waals surface area contributed by atoms with E-state index in [1.807, 2.05) is 30.3 Å². The third-order valence-electron chi connectivity index (χ3n) is 2.23. The second kappa shape index (κ2) is 5.75. The van der Waals surface area contributed by atoms with Crippen LogP contribution in [0.25, 0.3) is 0 Å². The molecule has 1 rings (SSSR count). The maximum atomic E-state index is 9.49. The summed E-state index contributed by atoms with van der Waals surface area (Å²) < 4.78 is 0. The molecule has 0 saturated heterocycles. The Morgan fingerprint density at radius 2 is 1.86 bits per heavy atom. The topological polar surface area (TPSA) is 66.5 Å². The van der Waals surface area contributed by atoms with Gasteiger partial charge in [0, 0.05) is 12.6 Å². The molecule has 0 unspecified atom stereocenters. The molecule has 0 bridgehead atoms. The van der Waals surface area contributed by atoms with E-state index >= 15 is 0 Å². The van der Waals surface area contributed by atoms with Gasteiger partial charge in [0.1, 0.15) is 0 Å². The summed E-state index contributed by atoms with van der Waals surface area (Å²) >= 11 is 0. The highest BCUT2D eigenvalue weighted by Gasteiger charge is 2.14. The largest absolute Gasteiger partial charge is 0.396 e. The van der Waals surface area contributed by atoms with E-state index in [2.05, 4.69) is 0 Å². The maximum Gasteiger partial charge on any atom is 0.0716 e. The molecule has 0 spiro atoms. The van der Waals surface area contributed by atoms with Gasteiger partial charge in [0.25, 0.3) is 0 Å². The molecule has 0 amide bonds. The fourth-order valence-corrected chi connectivity index (χ4v) is 1.37. The van der Waals surface area contributed by atoms with Crippen LogP contribution in [-0.4, -0.2) is 29.0 Å². The molecule has 78 valence electrons. The van der Waals surface area contributed by atoms with Gasteiger partial charge in [-0.2, -0.15) is 0 Å². The van der Waals surface area contributed by atoms with Crippen LogP contribution < -0.4 is 5.73 Å². The second-order valence-electron chi connectivity index (χ2n) is 3.43. The molecule has 4 N–H and O–H groups in total. The van der Waals surface area contributed by atoms with E-state index in [4.69, 9.17) is 10.8 Å². The average molecular weight is 195 g/mol. The molecule has 3 nitrogen and oxygen atoms in total. The zero-order valence-corrected chi connectivity index (χ0v) is 8.13. The second-order valence-corrected chi connectivity index (χ2v) is 3.43. The van der Waals surface area contributed by atoms with Crippen molar-refractivity contribution in [1.29, 1.82) is 0 Å². The predicted octanol–water partition coefficient (Wildman–Crippen LogP) is 0.300. The number of benzene rings is 1. The summed E-state index contributed by atoms with van der Waals surface area (Å²) in [6.07, 6.45) is 0.357. The summed E-state index contributed by atoms with van der Waals surface area (Å²) in [5, 5.41) is 18.1. The lowest BCUT2D eigenvalue weighted by atomic mass is 10.0. The molecule has 0 fully saturated rings. The van der Waals surface area contributed by atoms with Crippen LogP contribution in [0.5, 0.6) is 0 Å². The molecular weight excluding hydrogens is 178 g/mol. The number of hydrogen-bond donors (Lipinski definition) is 3. The van der Waals surface area contributed by atoms with Crippen molar-refractivity contribution in [2.45, 2.75) is 25.0 Å². The van der Waals surface area contributed by atoms with Crippen LogP contribution in [0, 0.1) is 0 Å². The molecule has 1 aromatic rings. The van der Waals surface area contributed by atoms with E-state index in [0.29, 0.717) is 12.8 Å². The highest BCUT2D eigenvalue weighted by atomic mass is 16.3. The highest BCUT2D eigenvalue weighted by Crippen LogP contribution is 2.06. The number of aliphatic hydroxyl groups is 2. The van der Waals surface area contributed by atoms with E-state index in [0.717, 1.165) is 5.56 Å². The van der Waals surface area contributed by atoms with Crippen LogP contribution >= 0.6 is 0 Å². The van der Waals surface area contributed by atoms with Crippen molar-refractivity contribution >= 4 is 0 Å². The Labute approximate surface area is 84.2 Å². The van der Waals surface area contributed by atoms with E-state index in [-0.39, 0.29) is 12.6 Å². The first-order valence-electron chi connectivity index (χ1n) is 4.82. The SMILES string of the molecule is N[C@@H](Cc1ccccc1)[C@@H](O)CCO. The van der Waals surface area contributed by atoms with Gasteiger partial charge < -0.3 is 15.9 Å². The normalized spacial score (nSPS) is 15.1. The lowest BCUT2D eigenvalue weighted by Crippen LogP contribution is -2.37. The first kappa shape index (κ1) is 11.2. The number of aliphatic hydroxyl groups excluding tert-OH is 2. The van der Waals surface area contributed by atoms with Gasteiger partial charge in [-0.15, -0.1) is 0 Å². The standard InChI is InChI=1S/C11H17NO2/c12-10(11(14)6-7-13)8-9-4-2-1-3-5-9/h1-5,10-11,13-14H,6-8,12H2/t10-,11-/m0/s1. The molecule has 0 heterocycles. The van der Waals surface area contributed by atoms with Gasteiger partial charge in [-0.25, -0.2) is 0 Å². The molecule has 0 aliphatic heterocycles. The fourth-order valence-electron chi connectivity index (χ4n) is 1.37. The number of hydrogen-bond acceptors (Lipinski definition) is 3. The molecular formula is C11H17NO2. The average Bonchev–Trinajstić information content (AvgIpc) is 2.19. The minimum Gasteiger partial charge on any atom is -0.396 e. The number of nitrogens with two attached hydrogens (primary N) is 1. The van der Waals surface area contributed by atoms with E-state index in [9.17, 15) is 5.11 Å². The molecule has 0 aliphatic carbocycles. The Kier molecular flexibility index (Phi) is 4.59. The Bertz CT molecular complexity index is 251. The Morgan fingerprint density at radius 1 is 1.21 bits per heavy atom. The molecule has 0 aromatic heterocycles. The highest BCUT2D eigenvalue weighted by molar-refractivity contribution is 5.16. The molecule has 0 radical (unpaired) electrons. The summed E-state index contributed by atoms with van der Waals surface area (Å²) in [6, 6.07) is 9.49. The van der Waals surface area contributed by atoms with Crippen molar-refractivity contribution in [3.8, 4) is 0 Å². The van der Waals surface area contributed by atoms with Gasteiger partial charge >= 0.3 is 0 Å². The lowest BCUT2D eigenvalue weighted by Gasteiger charge is -2.17. The third-order valence-corrected chi connectivity index (χ3v) is 2.23. The first-order chi connectivity index (χ1) is 6.74. The summed E-state index contributed by atoms with van der Waals surface area (Å²) in [5.41, 5.74) is 6.88. The van der Waals surface area contributed by atoms with Gasteiger partial charge in [-0.3, -0.25) is 0 Å². The molecule has 1 aromatic carbocycles. The van der Waals surface area contributed by atoms with Crippen molar-refractivity contribution in [3.05, 3.63) is 35.9 Å². The van der Waals surface area contributed by atoms with Gasteiger partial charge in [0.2, 0.25) is 0 Å². The van der Waals surface area contributed by atoms with Crippen molar-refractivity contribution < 1.29 is 10.2 Å². The van der Waals surface area contributed by atoms with Gasteiger partial charge in [-0.1, -0.05) is 30.3 Å². The first-order valence-corrected chi connectivity index (χ1v) is 4.82. The zero-order valence-electron chi connectivity index (χ0n) is 8.13. The zero-order chi connectivity index (χ0) is 10.4.